The van der Waals surface area contributed by atoms with Crippen molar-refractivity contribution in [2.24, 2.45) is 0 Å². The molecule has 0 spiro atoms. The van der Waals surface area contributed by atoms with Crippen LogP contribution < -0.4 is 15.4 Å². The van der Waals surface area contributed by atoms with E-state index in [1.54, 1.807) is 66.7 Å². The van der Waals surface area contributed by atoms with Gasteiger partial charge in [-0.05, 0) is 54.2 Å². The number of amides is 2. The number of anilines is 2. The lowest BCUT2D eigenvalue weighted by Gasteiger charge is -2.11. The van der Waals surface area contributed by atoms with Crippen molar-refractivity contribution in [3.63, 3.8) is 0 Å². The lowest BCUT2D eigenvalue weighted by molar-refractivity contribution is -0.645. The average Bonchev–Trinajstić information content (AvgIpc) is 2.69. The van der Waals surface area contributed by atoms with Crippen LogP contribution in [0.1, 0.15) is 10.4 Å². The molecule has 0 aliphatic carbocycles. The molecule has 3 rings (SSSR count). The molecule has 2 N–H and O–H groups in total. The van der Waals surface area contributed by atoms with Gasteiger partial charge < -0.3 is 15.8 Å². The summed E-state index contributed by atoms with van der Waals surface area (Å²) in [5.41, 5.74) is 1.31. The molecule has 1 heterocycles. The Labute approximate surface area is 171 Å². The molecule has 0 atom stereocenters. The zero-order chi connectivity index (χ0) is 19.9. The van der Waals surface area contributed by atoms with Crippen molar-refractivity contribution in [1.82, 2.24) is 0 Å². The summed E-state index contributed by atoms with van der Waals surface area (Å²) in [5, 5.41) is 18.1. The minimum atomic E-state index is -0.355. The second-order valence-corrected chi connectivity index (χ2v) is 7.14. The average molecular weight is 414 g/mol. The number of carbonyl (C=O) groups is 2. The maximum absolute atomic E-state index is 12.6. The van der Waals surface area contributed by atoms with E-state index in [1.807, 2.05) is 0 Å². The Balaban J connectivity index is 1.66. The number of thioether (sulfide) groups is 1. The van der Waals surface area contributed by atoms with Crippen LogP contribution in [0.5, 0.6) is 0 Å². The van der Waals surface area contributed by atoms with Crippen LogP contribution in [0.15, 0.2) is 78.0 Å². The van der Waals surface area contributed by atoms with E-state index in [0.29, 0.717) is 31.7 Å². The molecule has 142 valence electrons. The maximum atomic E-state index is 12.6. The normalized spacial score (nSPS) is 10.3. The molecule has 2 aromatic carbocycles. The van der Waals surface area contributed by atoms with Gasteiger partial charge in [0.1, 0.15) is 0 Å². The molecule has 0 saturated heterocycles. The molecule has 0 aliphatic heterocycles. The highest BCUT2D eigenvalue weighted by molar-refractivity contribution is 7.99. The molecular weight excluding hydrogens is 398 g/mol. The number of halogens is 1. The Morgan fingerprint density at radius 2 is 1.68 bits per heavy atom. The molecule has 8 heteroatoms. The molecule has 0 radical (unpaired) electrons. The summed E-state index contributed by atoms with van der Waals surface area (Å²) in [6, 6.07) is 18.4. The van der Waals surface area contributed by atoms with Crippen LogP contribution in [0.4, 0.5) is 11.4 Å². The SMILES string of the molecule is O=C(CSc1cccc[n+]1[O-])Nc1ccccc1C(=O)Nc1ccc(Cl)cc1. The Morgan fingerprint density at radius 1 is 0.964 bits per heavy atom. The number of para-hydroxylation sites is 1. The predicted octanol–water partition coefficient (Wildman–Crippen LogP) is 3.96. The first-order valence-electron chi connectivity index (χ1n) is 8.30. The van der Waals surface area contributed by atoms with Crippen LogP contribution in [0.25, 0.3) is 0 Å². The highest BCUT2D eigenvalue weighted by Crippen LogP contribution is 2.20. The Bertz CT molecular complexity index is 996. The van der Waals surface area contributed by atoms with Gasteiger partial charge in [-0.2, -0.15) is 4.73 Å². The number of nitrogens with one attached hydrogen (secondary N) is 2. The lowest BCUT2D eigenvalue weighted by Crippen LogP contribution is -2.28. The molecule has 6 nitrogen and oxygen atoms in total. The smallest absolute Gasteiger partial charge is 0.257 e. The molecule has 3 aromatic rings. The molecule has 1 aromatic heterocycles. The van der Waals surface area contributed by atoms with Gasteiger partial charge in [-0.1, -0.05) is 23.7 Å². The van der Waals surface area contributed by atoms with E-state index in [-0.39, 0.29) is 17.6 Å². The van der Waals surface area contributed by atoms with Gasteiger partial charge in [0.05, 0.1) is 17.0 Å². The van der Waals surface area contributed by atoms with E-state index in [0.717, 1.165) is 11.8 Å². The predicted molar refractivity (Wildman–Crippen MR) is 111 cm³/mol. The van der Waals surface area contributed by atoms with Gasteiger partial charge in [0.2, 0.25) is 5.91 Å². The van der Waals surface area contributed by atoms with Crippen molar-refractivity contribution in [3.8, 4) is 0 Å². The van der Waals surface area contributed by atoms with Gasteiger partial charge in [0.15, 0.2) is 6.20 Å². The minimum absolute atomic E-state index is 0.0411. The first-order valence-corrected chi connectivity index (χ1v) is 9.66. The summed E-state index contributed by atoms with van der Waals surface area (Å²) in [4.78, 5) is 24.9. The largest absolute Gasteiger partial charge is 0.618 e. The highest BCUT2D eigenvalue weighted by Gasteiger charge is 2.15. The van der Waals surface area contributed by atoms with Crippen LogP contribution in [-0.4, -0.2) is 17.6 Å². The zero-order valence-corrected chi connectivity index (χ0v) is 16.2. The summed E-state index contributed by atoms with van der Waals surface area (Å²) < 4.78 is 0.700. The third-order valence-corrected chi connectivity index (χ3v) is 4.96. The van der Waals surface area contributed by atoms with Crippen LogP contribution in [-0.2, 0) is 4.79 Å². The molecule has 0 unspecified atom stereocenters. The second-order valence-electron chi connectivity index (χ2n) is 5.71. The first-order chi connectivity index (χ1) is 13.5. The fourth-order valence-corrected chi connectivity index (χ4v) is 3.21. The van der Waals surface area contributed by atoms with E-state index in [4.69, 9.17) is 11.6 Å². The summed E-state index contributed by atoms with van der Waals surface area (Å²) in [7, 11) is 0. The molecule has 0 fully saturated rings. The number of benzene rings is 2. The number of pyridine rings is 1. The van der Waals surface area contributed by atoms with Gasteiger partial charge in [-0.25, -0.2) is 0 Å². The number of aromatic nitrogens is 1. The topological polar surface area (TPSA) is 85.1 Å². The van der Waals surface area contributed by atoms with Crippen molar-refractivity contribution in [2.75, 3.05) is 16.4 Å². The van der Waals surface area contributed by atoms with Gasteiger partial charge >= 0.3 is 0 Å². The summed E-state index contributed by atoms with van der Waals surface area (Å²) in [6.07, 6.45) is 1.37. The van der Waals surface area contributed by atoms with E-state index in [2.05, 4.69) is 10.6 Å². The van der Waals surface area contributed by atoms with Crippen molar-refractivity contribution in [2.45, 2.75) is 5.03 Å². The van der Waals surface area contributed by atoms with Crippen LogP contribution >= 0.6 is 23.4 Å². The van der Waals surface area contributed by atoms with Gasteiger partial charge in [-0.3, -0.25) is 9.59 Å². The summed E-state index contributed by atoms with van der Waals surface area (Å²) >= 11 is 6.97. The van der Waals surface area contributed by atoms with E-state index >= 15 is 0 Å². The molecule has 2 amide bonds. The molecule has 0 saturated carbocycles. The highest BCUT2D eigenvalue weighted by atomic mass is 35.5. The standard InChI is InChI=1S/C20H16ClN3O3S/c21-14-8-10-15(11-9-14)22-20(26)16-5-1-2-6-17(16)23-18(25)13-28-19-7-3-4-12-24(19)27/h1-12H,13H2,(H,22,26)(H,23,25). The number of nitrogens with zero attached hydrogens (tertiary/aromatic N) is 1. The lowest BCUT2D eigenvalue weighted by atomic mass is 10.1. The maximum Gasteiger partial charge on any atom is 0.257 e. The van der Waals surface area contributed by atoms with Gasteiger partial charge in [0.25, 0.3) is 10.9 Å². The van der Waals surface area contributed by atoms with Crippen molar-refractivity contribution >= 4 is 46.6 Å². The molecule has 0 aliphatic rings. The second kappa shape index (κ2) is 9.25. The van der Waals surface area contributed by atoms with Crippen LogP contribution in [0, 0.1) is 5.21 Å². The molecule has 28 heavy (non-hydrogen) atoms. The molecular formula is C20H16ClN3O3S. The Morgan fingerprint density at radius 3 is 2.43 bits per heavy atom. The van der Waals surface area contributed by atoms with Crippen molar-refractivity contribution < 1.29 is 14.3 Å². The van der Waals surface area contributed by atoms with Gasteiger partial charge in [0, 0.05) is 22.8 Å². The van der Waals surface area contributed by atoms with Crippen molar-refractivity contribution in [1.29, 1.82) is 0 Å². The monoisotopic (exact) mass is 413 g/mol. The Hall–Kier alpha value is -3.03. The number of carbonyl (C=O) groups excluding carboxylic acids is 2. The van der Waals surface area contributed by atoms with Crippen LogP contribution in [0.2, 0.25) is 5.02 Å². The van der Waals surface area contributed by atoms with E-state index in [1.165, 1.54) is 6.20 Å². The van der Waals surface area contributed by atoms with E-state index in [9.17, 15) is 14.8 Å². The zero-order valence-electron chi connectivity index (χ0n) is 14.6. The van der Waals surface area contributed by atoms with Crippen LogP contribution in [0.3, 0.4) is 0 Å². The van der Waals surface area contributed by atoms with Crippen molar-refractivity contribution in [3.05, 3.63) is 88.7 Å². The fourth-order valence-electron chi connectivity index (χ4n) is 2.37. The molecule has 0 bridgehead atoms. The third-order valence-electron chi connectivity index (χ3n) is 3.69. The number of hydrogen-bond donors (Lipinski definition) is 2. The first kappa shape index (κ1) is 19.7. The van der Waals surface area contributed by atoms with E-state index < -0.39 is 0 Å². The summed E-state index contributed by atoms with van der Waals surface area (Å²) in [5.74, 6) is -0.633. The van der Waals surface area contributed by atoms with Gasteiger partial charge in [-0.15, -0.1) is 0 Å². The fraction of sp³-hybridized carbons (Fsp3) is 0.0500. The summed E-state index contributed by atoms with van der Waals surface area (Å²) in [6.45, 7) is 0. The minimum Gasteiger partial charge on any atom is -0.618 e. The Kier molecular flexibility index (Phi) is 6.52. The number of hydrogen-bond acceptors (Lipinski definition) is 4. The number of rotatable bonds is 6. The quantitative estimate of drug-likeness (QED) is 0.364. The third kappa shape index (κ3) is 5.25.